The van der Waals surface area contributed by atoms with E-state index in [2.05, 4.69) is 86.3 Å². The first-order valence-electron chi connectivity index (χ1n) is 24.1. The molecule has 6 nitrogen and oxygen atoms in total. The second-order valence-corrected chi connectivity index (χ2v) is 26.1. The van der Waals surface area contributed by atoms with Crippen LogP contribution in [0, 0.1) is 0 Å². The average Bonchev–Trinajstić information content (AvgIpc) is 4.18. The number of alkyl halides is 6. The minimum atomic E-state index is -6.85. The molecule has 0 atom stereocenters. The number of rotatable bonds is 27. The molecule has 0 spiro atoms. The molecule has 0 bridgehead atoms. The molecule has 0 saturated heterocycles. The molecule has 0 aliphatic rings. The van der Waals surface area contributed by atoms with Gasteiger partial charge in [0.15, 0.2) is 6.29 Å². The van der Waals surface area contributed by atoms with Crippen LogP contribution in [-0.4, -0.2) is 34.1 Å². The van der Waals surface area contributed by atoms with Gasteiger partial charge in [-0.25, -0.2) is 0 Å². The molecule has 0 aromatic carbocycles. The van der Waals surface area contributed by atoms with Gasteiger partial charge < -0.3 is 0 Å². The molecule has 0 aliphatic carbocycles. The van der Waals surface area contributed by atoms with E-state index in [-0.39, 0.29) is 0 Å². The zero-order valence-corrected chi connectivity index (χ0v) is 47.1. The Hall–Kier alpha value is -2.69. The van der Waals surface area contributed by atoms with Crippen LogP contribution in [0.5, 0.6) is 0 Å². The van der Waals surface area contributed by atoms with E-state index in [1.54, 1.807) is 43.3 Å². The summed E-state index contributed by atoms with van der Waals surface area (Å²) in [5, 5.41) is 6.63. The summed E-state index contributed by atoms with van der Waals surface area (Å²) in [6.07, 6.45) is 26.9. The normalized spacial score (nSPS) is 12.1. The summed E-state index contributed by atoms with van der Waals surface area (Å²) in [5.41, 5.74) is -6.04. The predicted molar refractivity (Wildman–Crippen MR) is 290 cm³/mol. The van der Waals surface area contributed by atoms with Gasteiger partial charge in [0, 0.05) is 39.0 Å². The van der Waals surface area contributed by atoms with E-state index in [1.165, 1.54) is 151 Å². The highest BCUT2D eigenvalue weighted by molar-refractivity contribution is 8.00. The van der Waals surface area contributed by atoms with Crippen molar-refractivity contribution in [3.8, 4) is 39.0 Å². The smallest absolute Gasteiger partial charge is 0.297 e. The first-order valence-corrected chi connectivity index (χ1v) is 32.0. The number of halogens is 6. The van der Waals surface area contributed by atoms with Crippen LogP contribution in [0.25, 0.3) is 39.0 Å². The van der Waals surface area contributed by atoms with Gasteiger partial charge in [0.25, 0.3) is 0 Å². The standard InChI is InChI=1S/C25H32OS3.C24H32S3.C2F6O5S2/c1-3-5-7-9-12-20-21(13-10-8-6-4-2)25(23-16-15-19(18-26)28-23)29-24(20)22-14-11-17-27-22;1-3-5-7-9-13-19-20(14-10-8-6-4-2)24(22-16-12-18-26-22)27-23(19)21-15-11-17-25-21;3-1(4,5)14(9,10)13-15(11,12)2(6,7)8/h11,14-18H,3-10,12-13H2,1-2H3;11-12,15-18H,3-10,13-14H2,1-2H3;. The number of thiophene rings is 6. The van der Waals surface area contributed by atoms with Crippen LogP contribution in [0.1, 0.15) is 162 Å². The highest BCUT2D eigenvalue weighted by Gasteiger charge is 2.57. The van der Waals surface area contributed by atoms with Crippen molar-refractivity contribution >= 4 is 94.5 Å². The Labute approximate surface area is 440 Å². The molecule has 0 fully saturated rings. The second kappa shape index (κ2) is 30.0. The minimum Gasteiger partial charge on any atom is -0.297 e. The van der Waals surface area contributed by atoms with Crippen molar-refractivity contribution in [2.75, 3.05) is 0 Å². The fourth-order valence-corrected chi connectivity index (χ4v) is 15.7. The Bertz CT molecular complexity index is 2550. The lowest BCUT2D eigenvalue weighted by molar-refractivity contribution is -0.0585. The van der Waals surface area contributed by atoms with E-state index in [9.17, 15) is 48.0 Å². The van der Waals surface area contributed by atoms with E-state index < -0.39 is 31.3 Å². The van der Waals surface area contributed by atoms with Gasteiger partial charge >= 0.3 is 31.3 Å². The van der Waals surface area contributed by atoms with Crippen LogP contribution in [0.15, 0.2) is 64.7 Å². The highest BCUT2D eigenvalue weighted by atomic mass is 32.3. The lowest BCUT2D eigenvalue weighted by Crippen LogP contribution is -2.34. The molecular weight excluding hydrogens is 1080 g/mol. The van der Waals surface area contributed by atoms with E-state index in [4.69, 9.17) is 0 Å². The molecule has 0 N–H and O–H groups in total. The van der Waals surface area contributed by atoms with Crippen LogP contribution in [0.4, 0.5) is 26.3 Å². The summed E-state index contributed by atoms with van der Waals surface area (Å²) in [4.78, 5) is 23.7. The Morgan fingerprint density at radius 3 is 0.986 bits per heavy atom. The van der Waals surface area contributed by atoms with E-state index in [1.807, 2.05) is 66.4 Å². The van der Waals surface area contributed by atoms with Crippen LogP contribution in [-0.2, 0) is 49.5 Å². The van der Waals surface area contributed by atoms with Gasteiger partial charge in [-0.3, -0.25) is 4.79 Å². The first-order chi connectivity index (χ1) is 33.8. The molecular formula is C51H64F6O6S8. The SMILES string of the molecule is CCCCCCc1c(-c2cccs2)sc(-c2ccc(C=O)s2)c1CCCCCC.CCCCCCc1c(-c2cccs2)sc(-c2cccs2)c1CCCCCC.O=S(=O)(OS(=O)(=O)C(F)(F)F)C(F)(F)F. The third-order valence-corrected chi connectivity index (χ3v) is 20.8. The first kappa shape index (κ1) is 60.9. The van der Waals surface area contributed by atoms with Gasteiger partial charge in [-0.15, -0.1) is 71.7 Å². The zero-order valence-electron chi connectivity index (χ0n) is 40.6. The maximum atomic E-state index is 11.4. The molecule has 394 valence electrons. The average molecular weight is 1140 g/mol. The maximum Gasteiger partial charge on any atom is 0.524 e. The minimum absolute atomic E-state index is 0.826. The third kappa shape index (κ3) is 18.3. The number of hydrogen-bond donors (Lipinski definition) is 0. The van der Waals surface area contributed by atoms with Crippen LogP contribution in [0.3, 0.4) is 0 Å². The summed E-state index contributed by atoms with van der Waals surface area (Å²) in [6, 6.07) is 17.6. The van der Waals surface area contributed by atoms with Crippen LogP contribution in [0.2, 0.25) is 0 Å². The number of carbonyl (C=O) groups excluding carboxylic acids is 1. The van der Waals surface area contributed by atoms with E-state index >= 15 is 0 Å². The Kier molecular flexibility index (Phi) is 25.7. The van der Waals surface area contributed by atoms with E-state index in [0.29, 0.717) is 0 Å². The molecule has 6 heterocycles. The van der Waals surface area contributed by atoms with Crippen molar-refractivity contribution in [2.45, 2.75) is 167 Å². The van der Waals surface area contributed by atoms with Crippen molar-refractivity contribution in [3.63, 3.8) is 0 Å². The van der Waals surface area contributed by atoms with Gasteiger partial charge in [-0.2, -0.15) is 43.2 Å². The van der Waals surface area contributed by atoms with Gasteiger partial charge in [0.2, 0.25) is 0 Å². The Morgan fingerprint density at radius 1 is 0.437 bits per heavy atom. The molecule has 6 aromatic heterocycles. The fraction of sp³-hybridized carbons (Fsp3) is 0.510. The lowest BCUT2D eigenvalue weighted by atomic mass is 9.96. The summed E-state index contributed by atoms with van der Waals surface area (Å²) < 4.78 is 110. The molecule has 0 aliphatic heterocycles. The summed E-state index contributed by atoms with van der Waals surface area (Å²) in [6.45, 7) is 9.16. The molecule has 6 rings (SSSR count). The summed E-state index contributed by atoms with van der Waals surface area (Å²) in [7, 11) is -13.7. The van der Waals surface area contributed by atoms with Crippen molar-refractivity contribution in [3.05, 3.63) is 91.8 Å². The zero-order chi connectivity index (χ0) is 52.1. The van der Waals surface area contributed by atoms with Gasteiger partial charge in [-0.1, -0.05) is 123 Å². The molecule has 71 heavy (non-hydrogen) atoms. The monoisotopic (exact) mass is 1140 g/mol. The van der Waals surface area contributed by atoms with Gasteiger partial charge in [0.1, 0.15) is 0 Å². The second-order valence-electron chi connectivity index (χ2n) is 16.8. The molecule has 6 aromatic rings. The largest absolute Gasteiger partial charge is 0.524 e. The third-order valence-electron chi connectivity index (χ3n) is 11.3. The Balaban J connectivity index is 0.000000244. The van der Waals surface area contributed by atoms with Crippen molar-refractivity contribution < 1.29 is 51.6 Å². The number of aldehydes is 1. The summed E-state index contributed by atoms with van der Waals surface area (Å²) >= 11 is 11.3. The van der Waals surface area contributed by atoms with Crippen molar-refractivity contribution in [2.24, 2.45) is 0 Å². The quantitative estimate of drug-likeness (QED) is 0.0221. The van der Waals surface area contributed by atoms with E-state index in [0.717, 1.165) is 17.6 Å². The number of hydrogen-bond acceptors (Lipinski definition) is 12. The molecule has 0 radical (unpaired) electrons. The molecule has 20 heteroatoms. The molecule has 0 amide bonds. The highest BCUT2D eigenvalue weighted by Crippen LogP contribution is 2.48. The van der Waals surface area contributed by atoms with Crippen LogP contribution >= 0.6 is 68.0 Å². The fourth-order valence-electron chi connectivity index (χ4n) is 7.72. The molecule has 0 unspecified atom stereocenters. The van der Waals surface area contributed by atoms with Crippen molar-refractivity contribution in [1.29, 1.82) is 0 Å². The lowest BCUT2D eigenvalue weighted by Gasteiger charge is -2.09. The topological polar surface area (TPSA) is 94.6 Å². The van der Waals surface area contributed by atoms with Gasteiger partial charge in [-0.05, 0) is 120 Å². The predicted octanol–water partition coefficient (Wildman–Crippen LogP) is 19.4. The summed E-state index contributed by atoms with van der Waals surface area (Å²) in [5.74, 6) is 0. The van der Waals surface area contributed by atoms with Crippen molar-refractivity contribution in [1.82, 2.24) is 0 Å². The maximum absolute atomic E-state index is 11.4. The Morgan fingerprint density at radius 2 is 0.746 bits per heavy atom. The number of carbonyl (C=O) groups is 1. The van der Waals surface area contributed by atoms with Gasteiger partial charge in [0.05, 0.1) is 4.88 Å². The number of unbranched alkanes of at least 4 members (excludes halogenated alkanes) is 12. The molecule has 0 saturated carbocycles. The van der Waals surface area contributed by atoms with Crippen LogP contribution < -0.4 is 0 Å².